The highest BCUT2D eigenvalue weighted by Gasteiger charge is 2.20. The van der Waals surface area contributed by atoms with E-state index < -0.39 is 5.69 Å². The zero-order valence-corrected chi connectivity index (χ0v) is 16.1. The summed E-state index contributed by atoms with van der Waals surface area (Å²) in [6.45, 7) is 3.58. The molecule has 1 heterocycles. The number of rotatable bonds is 5. The minimum atomic E-state index is -0.512. The van der Waals surface area contributed by atoms with E-state index in [2.05, 4.69) is 0 Å². The van der Waals surface area contributed by atoms with Crippen molar-refractivity contribution in [1.82, 2.24) is 14.0 Å². The molecule has 3 aromatic rings. The number of carbonyl (C=O) groups excluding carboxylic acids is 1. The van der Waals surface area contributed by atoms with Crippen molar-refractivity contribution in [2.45, 2.75) is 33.0 Å². The standard InChI is InChI=1S/C21H22FN3O3/c1-4-24-20(27)17-7-5-6-8-18(17)25(21(24)28)13-19(26)23(3)14(2)15-9-11-16(22)12-10-15/h5-12,14H,4,13H2,1-3H3. The van der Waals surface area contributed by atoms with E-state index in [1.165, 1.54) is 21.6 Å². The van der Waals surface area contributed by atoms with Crippen LogP contribution in [0.5, 0.6) is 0 Å². The van der Waals surface area contributed by atoms with E-state index in [1.54, 1.807) is 50.4 Å². The summed E-state index contributed by atoms with van der Waals surface area (Å²) in [5, 5.41) is 0.394. The van der Waals surface area contributed by atoms with Gasteiger partial charge in [-0.25, -0.2) is 9.18 Å². The minimum Gasteiger partial charge on any atom is -0.337 e. The summed E-state index contributed by atoms with van der Waals surface area (Å²) in [5.74, 6) is -0.629. The van der Waals surface area contributed by atoms with Gasteiger partial charge in [0.1, 0.15) is 12.4 Å². The lowest BCUT2D eigenvalue weighted by atomic mass is 10.1. The molecule has 0 spiro atoms. The molecular formula is C21H22FN3O3. The maximum Gasteiger partial charge on any atom is 0.331 e. The van der Waals surface area contributed by atoms with Crippen LogP contribution in [-0.2, 0) is 17.9 Å². The molecule has 0 aliphatic rings. The van der Waals surface area contributed by atoms with E-state index >= 15 is 0 Å². The van der Waals surface area contributed by atoms with Crippen molar-refractivity contribution in [2.75, 3.05) is 7.05 Å². The number of aromatic nitrogens is 2. The quantitative estimate of drug-likeness (QED) is 0.680. The van der Waals surface area contributed by atoms with Gasteiger partial charge < -0.3 is 4.90 Å². The fraction of sp³-hybridized carbons (Fsp3) is 0.286. The lowest BCUT2D eigenvalue weighted by Gasteiger charge is -2.26. The van der Waals surface area contributed by atoms with Crippen LogP contribution < -0.4 is 11.2 Å². The van der Waals surface area contributed by atoms with Crippen LogP contribution in [0.3, 0.4) is 0 Å². The van der Waals surface area contributed by atoms with Gasteiger partial charge in [0.2, 0.25) is 5.91 Å². The monoisotopic (exact) mass is 383 g/mol. The summed E-state index contributed by atoms with van der Waals surface area (Å²) in [5.41, 5.74) is 0.341. The first-order valence-corrected chi connectivity index (χ1v) is 9.08. The van der Waals surface area contributed by atoms with Crippen LogP contribution in [0.1, 0.15) is 25.5 Å². The zero-order valence-electron chi connectivity index (χ0n) is 16.1. The second-order valence-electron chi connectivity index (χ2n) is 6.67. The van der Waals surface area contributed by atoms with Crippen LogP contribution in [0.4, 0.5) is 4.39 Å². The topological polar surface area (TPSA) is 64.3 Å². The Labute approximate surface area is 161 Å². The van der Waals surface area contributed by atoms with E-state index in [0.29, 0.717) is 10.9 Å². The number of halogens is 1. The Morgan fingerprint density at radius 1 is 1.07 bits per heavy atom. The molecule has 0 bridgehead atoms. The van der Waals surface area contributed by atoms with Gasteiger partial charge in [-0.05, 0) is 43.7 Å². The number of hydrogen-bond donors (Lipinski definition) is 0. The van der Waals surface area contributed by atoms with E-state index in [0.717, 1.165) is 10.1 Å². The number of para-hydroxylation sites is 1. The van der Waals surface area contributed by atoms with Crippen LogP contribution in [-0.4, -0.2) is 27.0 Å². The maximum atomic E-state index is 13.1. The first-order chi connectivity index (χ1) is 13.3. The SMILES string of the molecule is CCn1c(=O)c2ccccc2n(CC(=O)N(C)C(C)c2ccc(F)cc2)c1=O. The predicted octanol–water partition coefficient (Wildman–Crippen LogP) is 2.54. The Hall–Kier alpha value is -3.22. The van der Waals surface area contributed by atoms with E-state index in [1.807, 2.05) is 6.92 Å². The number of likely N-dealkylation sites (N-methyl/N-ethyl adjacent to an activating group) is 1. The van der Waals surface area contributed by atoms with Gasteiger partial charge in [0.05, 0.1) is 16.9 Å². The molecule has 0 N–H and O–H groups in total. The van der Waals surface area contributed by atoms with Crippen LogP contribution in [0.15, 0.2) is 58.1 Å². The lowest BCUT2D eigenvalue weighted by molar-refractivity contribution is -0.132. The smallest absolute Gasteiger partial charge is 0.331 e. The largest absolute Gasteiger partial charge is 0.337 e. The van der Waals surface area contributed by atoms with Crippen LogP contribution >= 0.6 is 0 Å². The molecule has 1 unspecified atom stereocenters. The molecule has 28 heavy (non-hydrogen) atoms. The van der Waals surface area contributed by atoms with Gasteiger partial charge in [0, 0.05) is 13.6 Å². The third-order valence-electron chi connectivity index (χ3n) is 5.07. The van der Waals surface area contributed by atoms with Crippen LogP contribution in [0.2, 0.25) is 0 Å². The van der Waals surface area contributed by atoms with E-state index in [-0.39, 0.29) is 36.4 Å². The van der Waals surface area contributed by atoms with Crippen molar-refractivity contribution in [3.63, 3.8) is 0 Å². The van der Waals surface area contributed by atoms with Gasteiger partial charge in [0.15, 0.2) is 0 Å². The Morgan fingerprint density at radius 3 is 2.36 bits per heavy atom. The van der Waals surface area contributed by atoms with Crippen LogP contribution in [0, 0.1) is 5.82 Å². The molecule has 0 aliphatic carbocycles. The molecule has 7 heteroatoms. The van der Waals surface area contributed by atoms with Crippen LogP contribution in [0.25, 0.3) is 10.9 Å². The summed E-state index contributed by atoms with van der Waals surface area (Å²) in [4.78, 5) is 39.7. The maximum absolute atomic E-state index is 13.1. The van der Waals surface area contributed by atoms with Crippen molar-refractivity contribution < 1.29 is 9.18 Å². The molecule has 1 aromatic heterocycles. The fourth-order valence-corrected chi connectivity index (χ4v) is 3.23. The van der Waals surface area contributed by atoms with Gasteiger partial charge in [0.25, 0.3) is 5.56 Å². The predicted molar refractivity (Wildman–Crippen MR) is 106 cm³/mol. The van der Waals surface area contributed by atoms with Gasteiger partial charge in [-0.2, -0.15) is 0 Å². The summed E-state index contributed by atoms with van der Waals surface area (Å²) in [6, 6.07) is 12.4. The molecule has 1 atom stereocenters. The van der Waals surface area contributed by atoms with Crippen molar-refractivity contribution in [3.8, 4) is 0 Å². The third kappa shape index (κ3) is 3.47. The second-order valence-corrected chi connectivity index (χ2v) is 6.67. The average molecular weight is 383 g/mol. The number of nitrogens with zero attached hydrogens (tertiary/aromatic N) is 3. The summed E-state index contributed by atoms with van der Waals surface area (Å²) < 4.78 is 15.6. The molecule has 1 amide bonds. The van der Waals surface area contributed by atoms with E-state index in [4.69, 9.17) is 0 Å². The first-order valence-electron chi connectivity index (χ1n) is 9.08. The normalized spacial score (nSPS) is 12.1. The molecular weight excluding hydrogens is 361 g/mol. The molecule has 6 nitrogen and oxygen atoms in total. The zero-order chi connectivity index (χ0) is 20.4. The number of fused-ring (bicyclic) bond motifs is 1. The second kappa shape index (κ2) is 7.80. The Morgan fingerprint density at radius 2 is 1.71 bits per heavy atom. The van der Waals surface area contributed by atoms with Crippen molar-refractivity contribution in [2.24, 2.45) is 0 Å². The summed E-state index contributed by atoms with van der Waals surface area (Å²) in [6.07, 6.45) is 0. The van der Waals surface area contributed by atoms with Gasteiger partial charge in [-0.1, -0.05) is 24.3 Å². The van der Waals surface area contributed by atoms with Gasteiger partial charge in [-0.3, -0.25) is 18.7 Å². The lowest BCUT2D eigenvalue weighted by Crippen LogP contribution is -2.43. The molecule has 3 rings (SSSR count). The summed E-state index contributed by atoms with van der Waals surface area (Å²) >= 11 is 0. The van der Waals surface area contributed by atoms with Gasteiger partial charge >= 0.3 is 5.69 Å². The Kier molecular flexibility index (Phi) is 5.44. The third-order valence-corrected chi connectivity index (χ3v) is 5.07. The molecule has 0 saturated carbocycles. The highest BCUT2D eigenvalue weighted by molar-refractivity contribution is 5.81. The summed E-state index contributed by atoms with van der Waals surface area (Å²) in [7, 11) is 1.64. The number of hydrogen-bond acceptors (Lipinski definition) is 3. The Balaban J connectivity index is 1.98. The fourth-order valence-electron chi connectivity index (χ4n) is 3.23. The number of carbonyl (C=O) groups is 1. The van der Waals surface area contributed by atoms with Crippen molar-refractivity contribution in [1.29, 1.82) is 0 Å². The molecule has 0 fully saturated rings. The highest BCUT2D eigenvalue weighted by atomic mass is 19.1. The Bertz CT molecular complexity index is 1130. The van der Waals surface area contributed by atoms with E-state index in [9.17, 15) is 18.8 Å². The molecule has 0 radical (unpaired) electrons. The van der Waals surface area contributed by atoms with Crippen molar-refractivity contribution >= 4 is 16.8 Å². The average Bonchev–Trinajstić information content (AvgIpc) is 2.71. The first kappa shape index (κ1) is 19.5. The molecule has 146 valence electrons. The number of benzene rings is 2. The molecule has 0 saturated heterocycles. The molecule has 2 aromatic carbocycles. The van der Waals surface area contributed by atoms with Gasteiger partial charge in [-0.15, -0.1) is 0 Å². The number of amides is 1. The van der Waals surface area contributed by atoms with Crippen molar-refractivity contribution in [3.05, 3.63) is 80.7 Å². The molecule has 0 aliphatic heterocycles. The minimum absolute atomic E-state index is 0.193. The highest BCUT2D eigenvalue weighted by Crippen LogP contribution is 2.19.